The summed E-state index contributed by atoms with van der Waals surface area (Å²) in [6, 6.07) is 8.12. The summed E-state index contributed by atoms with van der Waals surface area (Å²) in [7, 11) is 0. The molecule has 0 spiro atoms. The average molecular weight is 276 g/mol. The SMILES string of the molecule is Cc1ccc(-n2cc(Br)c(C#N)n2)cc1C. The number of halogens is 1. The van der Waals surface area contributed by atoms with Gasteiger partial charge in [-0.3, -0.25) is 0 Å². The van der Waals surface area contributed by atoms with Gasteiger partial charge >= 0.3 is 0 Å². The number of nitriles is 1. The van der Waals surface area contributed by atoms with E-state index >= 15 is 0 Å². The van der Waals surface area contributed by atoms with Crippen LogP contribution in [0, 0.1) is 25.2 Å². The van der Waals surface area contributed by atoms with Crippen LogP contribution in [0.5, 0.6) is 0 Å². The van der Waals surface area contributed by atoms with Crippen LogP contribution in [-0.4, -0.2) is 9.78 Å². The quantitative estimate of drug-likeness (QED) is 0.803. The van der Waals surface area contributed by atoms with E-state index < -0.39 is 0 Å². The van der Waals surface area contributed by atoms with Crippen LogP contribution < -0.4 is 0 Å². The molecule has 0 aliphatic rings. The van der Waals surface area contributed by atoms with E-state index in [-0.39, 0.29) is 0 Å². The Morgan fingerprint density at radius 1 is 1.31 bits per heavy atom. The lowest BCUT2D eigenvalue weighted by Crippen LogP contribution is -1.96. The highest BCUT2D eigenvalue weighted by atomic mass is 79.9. The highest BCUT2D eigenvalue weighted by molar-refractivity contribution is 9.10. The maximum atomic E-state index is 8.82. The van der Waals surface area contributed by atoms with Crippen LogP contribution in [0.4, 0.5) is 0 Å². The highest BCUT2D eigenvalue weighted by Crippen LogP contribution is 2.18. The Bertz CT molecular complexity index is 578. The summed E-state index contributed by atoms with van der Waals surface area (Å²) in [6.07, 6.45) is 1.79. The molecule has 0 N–H and O–H groups in total. The van der Waals surface area contributed by atoms with Crippen LogP contribution in [-0.2, 0) is 0 Å². The molecule has 0 amide bonds. The number of hydrogen-bond donors (Lipinski definition) is 0. The van der Waals surface area contributed by atoms with E-state index in [0.29, 0.717) is 10.2 Å². The molecule has 0 aliphatic heterocycles. The summed E-state index contributed by atoms with van der Waals surface area (Å²) in [4.78, 5) is 0. The second-order valence-corrected chi connectivity index (χ2v) is 4.50. The normalized spacial score (nSPS) is 10.1. The average Bonchev–Trinajstić information content (AvgIpc) is 2.64. The fourth-order valence-corrected chi connectivity index (χ4v) is 1.79. The molecule has 1 heterocycles. The molecular weight excluding hydrogens is 266 g/mol. The monoisotopic (exact) mass is 275 g/mol. The second kappa shape index (κ2) is 4.11. The molecule has 0 saturated carbocycles. The highest BCUT2D eigenvalue weighted by Gasteiger charge is 2.07. The topological polar surface area (TPSA) is 41.6 Å². The Kier molecular flexibility index (Phi) is 2.80. The summed E-state index contributed by atoms with van der Waals surface area (Å²) in [5.74, 6) is 0. The minimum absolute atomic E-state index is 0.401. The molecule has 0 fully saturated rings. The van der Waals surface area contributed by atoms with Crippen molar-refractivity contribution in [3.8, 4) is 11.8 Å². The first kappa shape index (κ1) is 10.9. The van der Waals surface area contributed by atoms with Gasteiger partial charge in [-0.2, -0.15) is 10.4 Å². The lowest BCUT2D eigenvalue weighted by molar-refractivity contribution is 0.871. The lowest BCUT2D eigenvalue weighted by Gasteiger charge is -2.04. The van der Waals surface area contributed by atoms with E-state index in [1.165, 1.54) is 11.1 Å². The van der Waals surface area contributed by atoms with Gasteiger partial charge in [0.1, 0.15) is 6.07 Å². The van der Waals surface area contributed by atoms with Crippen molar-refractivity contribution >= 4 is 15.9 Å². The van der Waals surface area contributed by atoms with Crippen LogP contribution >= 0.6 is 15.9 Å². The zero-order chi connectivity index (χ0) is 11.7. The number of nitrogens with zero attached hydrogens (tertiary/aromatic N) is 3. The van der Waals surface area contributed by atoms with Gasteiger partial charge in [0.05, 0.1) is 10.2 Å². The van der Waals surface area contributed by atoms with Gasteiger partial charge in [-0.15, -0.1) is 0 Å². The van der Waals surface area contributed by atoms with E-state index in [9.17, 15) is 0 Å². The molecule has 3 nitrogen and oxygen atoms in total. The number of benzene rings is 1. The Morgan fingerprint density at radius 3 is 2.62 bits per heavy atom. The van der Waals surface area contributed by atoms with Crippen LogP contribution in [0.2, 0.25) is 0 Å². The van der Waals surface area contributed by atoms with E-state index in [2.05, 4.69) is 40.9 Å². The molecule has 4 heteroatoms. The first-order valence-electron chi connectivity index (χ1n) is 4.84. The Balaban J connectivity index is 2.51. The maximum absolute atomic E-state index is 8.82. The predicted octanol–water partition coefficient (Wildman–Crippen LogP) is 3.12. The van der Waals surface area contributed by atoms with Crippen molar-refractivity contribution < 1.29 is 0 Å². The maximum Gasteiger partial charge on any atom is 0.177 e. The number of hydrogen-bond acceptors (Lipinski definition) is 2. The Morgan fingerprint density at radius 2 is 2.06 bits per heavy atom. The van der Waals surface area contributed by atoms with E-state index in [4.69, 9.17) is 5.26 Å². The van der Waals surface area contributed by atoms with Crippen molar-refractivity contribution in [3.05, 3.63) is 45.7 Å². The predicted molar refractivity (Wildman–Crippen MR) is 65.5 cm³/mol. The van der Waals surface area contributed by atoms with Crippen molar-refractivity contribution in [2.75, 3.05) is 0 Å². The van der Waals surface area contributed by atoms with Gasteiger partial charge in [-0.1, -0.05) is 6.07 Å². The summed E-state index contributed by atoms with van der Waals surface area (Å²) < 4.78 is 2.42. The zero-order valence-corrected chi connectivity index (χ0v) is 10.6. The van der Waals surface area contributed by atoms with Gasteiger partial charge in [-0.05, 0) is 53.0 Å². The molecule has 16 heavy (non-hydrogen) atoms. The van der Waals surface area contributed by atoms with Crippen LogP contribution in [0.3, 0.4) is 0 Å². The molecule has 0 radical (unpaired) electrons. The summed E-state index contributed by atoms with van der Waals surface area (Å²) in [5, 5.41) is 13.0. The minimum atomic E-state index is 0.401. The third kappa shape index (κ3) is 1.86. The number of aromatic nitrogens is 2. The summed E-state index contributed by atoms with van der Waals surface area (Å²) in [6.45, 7) is 4.13. The van der Waals surface area contributed by atoms with Gasteiger partial charge in [-0.25, -0.2) is 4.68 Å². The standard InChI is InChI=1S/C12H10BrN3/c1-8-3-4-10(5-9(8)2)16-7-11(13)12(6-14)15-16/h3-5,7H,1-2H3. The lowest BCUT2D eigenvalue weighted by atomic mass is 10.1. The molecule has 0 bridgehead atoms. The van der Waals surface area contributed by atoms with Crippen LogP contribution in [0.15, 0.2) is 28.9 Å². The van der Waals surface area contributed by atoms with Gasteiger partial charge in [0.25, 0.3) is 0 Å². The minimum Gasteiger partial charge on any atom is -0.238 e. The van der Waals surface area contributed by atoms with Crippen molar-refractivity contribution in [1.82, 2.24) is 9.78 Å². The second-order valence-electron chi connectivity index (χ2n) is 3.65. The Hall–Kier alpha value is -1.60. The van der Waals surface area contributed by atoms with Gasteiger partial charge in [0, 0.05) is 6.20 Å². The molecule has 1 aromatic heterocycles. The van der Waals surface area contributed by atoms with E-state index in [0.717, 1.165) is 5.69 Å². The largest absolute Gasteiger partial charge is 0.238 e. The fourth-order valence-electron chi connectivity index (χ4n) is 1.43. The summed E-state index contributed by atoms with van der Waals surface area (Å²) in [5.41, 5.74) is 3.82. The molecule has 2 rings (SSSR count). The van der Waals surface area contributed by atoms with Crippen molar-refractivity contribution in [1.29, 1.82) is 5.26 Å². The molecule has 80 valence electrons. The molecule has 0 atom stereocenters. The number of aryl methyl sites for hydroxylation is 2. The molecule has 1 aromatic carbocycles. The van der Waals surface area contributed by atoms with Crippen molar-refractivity contribution in [3.63, 3.8) is 0 Å². The molecule has 2 aromatic rings. The third-order valence-electron chi connectivity index (χ3n) is 2.53. The molecule has 0 unspecified atom stereocenters. The van der Waals surface area contributed by atoms with Crippen LogP contribution in [0.25, 0.3) is 5.69 Å². The van der Waals surface area contributed by atoms with Crippen LogP contribution in [0.1, 0.15) is 16.8 Å². The Labute approximate surface area is 102 Å². The molecule has 0 aliphatic carbocycles. The van der Waals surface area contributed by atoms with E-state index in [1.807, 2.05) is 18.2 Å². The molecule has 0 saturated heterocycles. The van der Waals surface area contributed by atoms with Crippen molar-refractivity contribution in [2.45, 2.75) is 13.8 Å². The zero-order valence-electron chi connectivity index (χ0n) is 9.03. The first-order valence-corrected chi connectivity index (χ1v) is 5.64. The van der Waals surface area contributed by atoms with Gasteiger partial charge in [0.15, 0.2) is 5.69 Å². The first-order chi connectivity index (χ1) is 7.61. The van der Waals surface area contributed by atoms with Gasteiger partial charge < -0.3 is 0 Å². The van der Waals surface area contributed by atoms with E-state index in [1.54, 1.807) is 10.9 Å². The summed E-state index contributed by atoms with van der Waals surface area (Å²) >= 11 is 3.30. The molecular formula is C12H10BrN3. The van der Waals surface area contributed by atoms with Gasteiger partial charge in [0.2, 0.25) is 0 Å². The third-order valence-corrected chi connectivity index (χ3v) is 3.11. The number of rotatable bonds is 1. The smallest absolute Gasteiger partial charge is 0.177 e. The fraction of sp³-hybridized carbons (Fsp3) is 0.167. The van der Waals surface area contributed by atoms with Crippen molar-refractivity contribution in [2.24, 2.45) is 0 Å².